The number of rotatable bonds is 3. The third-order valence-electron chi connectivity index (χ3n) is 6.77. The van der Waals surface area contributed by atoms with Crippen LogP contribution in [0.25, 0.3) is 0 Å². The standard InChI is InChI=1S/C19H30N2O2/c22-17-7-3-4-10-21(17)13-14-8-11-20(12-9-14)19(23)18-15-5-1-2-6-16(15)18/h14-16,18H,1-13H2/t15-,16-/m0/s1. The predicted octanol–water partition coefficient (Wildman–Crippen LogP) is 2.67. The fourth-order valence-corrected chi connectivity index (χ4v) is 5.27. The van der Waals surface area contributed by atoms with Crippen LogP contribution in [-0.4, -0.2) is 47.8 Å². The number of amides is 2. The van der Waals surface area contributed by atoms with Crippen molar-refractivity contribution in [3.05, 3.63) is 0 Å². The molecule has 4 nitrogen and oxygen atoms in total. The van der Waals surface area contributed by atoms with Gasteiger partial charge in [0.15, 0.2) is 0 Å². The first-order valence-electron chi connectivity index (χ1n) is 9.80. The molecular weight excluding hydrogens is 288 g/mol. The minimum Gasteiger partial charge on any atom is -0.342 e. The van der Waals surface area contributed by atoms with Gasteiger partial charge < -0.3 is 9.80 Å². The van der Waals surface area contributed by atoms with Gasteiger partial charge in [-0.05, 0) is 56.3 Å². The van der Waals surface area contributed by atoms with Crippen LogP contribution < -0.4 is 0 Å². The van der Waals surface area contributed by atoms with Gasteiger partial charge in [-0.25, -0.2) is 0 Å². The fourth-order valence-electron chi connectivity index (χ4n) is 5.27. The number of hydrogen-bond acceptors (Lipinski definition) is 2. The molecule has 0 aromatic carbocycles. The van der Waals surface area contributed by atoms with Gasteiger partial charge in [-0.3, -0.25) is 9.59 Å². The molecule has 23 heavy (non-hydrogen) atoms. The summed E-state index contributed by atoms with van der Waals surface area (Å²) in [7, 11) is 0. The summed E-state index contributed by atoms with van der Waals surface area (Å²) in [6.45, 7) is 3.71. The second-order valence-electron chi connectivity index (χ2n) is 8.20. The molecule has 0 unspecified atom stereocenters. The molecule has 4 fully saturated rings. The van der Waals surface area contributed by atoms with Gasteiger partial charge in [-0.1, -0.05) is 12.8 Å². The number of hydrogen-bond donors (Lipinski definition) is 0. The maximum absolute atomic E-state index is 12.7. The van der Waals surface area contributed by atoms with Gasteiger partial charge in [0.2, 0.25) is 11.8 Å². The lowest BCUT2D eigenvalue weighted by molar-refractivity contribution is -0.137. The molecule has 0 N–H and O–H groups in total. The van der Waals surface area contributed by atoms with Crippen molar-refractivity contribution in [2.45, 2.75) is 57.8 Å². The molecule has 0 bridgehead atoms. The van der Waals surface area contributed by atoms with Crippen molar-refractivity contribution < 1.29 is 9.59 Å². The number of piperidine rings is 2. The molecule has 2 atom stereocenters. The molecule has 2 saturated heterocycles. The molecule has 0 spiro atoms. The van der Waals surface area contributed by atoms with Crippen LogP contribution in [0.5, 0.6) is 0 Å². The Kier molecular flexibility index (Phi) is 4.33. The highest BCUT2D eigenvalue weighted by atomic mass is 16.2. The van der Waals surface area contributed by atoms with Gasteiger partial charge in [0.1, 0.15) is 0 Å². The van der Waals surface area contributed by atoms with E-state index in [0.717, 1.165) is 70.1 Å². The molecule has 2 heterocycles. The molecule has 4 heteroatoms. The Morgan fingerprint density at radius 1 is 0.913 bits per heavy atom. The van der Waals surface area contributed by atoms with Crippen molar-refractivity contribution in [3.8, 4) is 0 Å². The lowest BCUT2D eigenvalue weighted by Crippen LogP contribution is -2.44. The number of carbonyl (C=O) groups excluding carboxylic acids is 2. The van der Waals surface area contributed by atoms with Crippen LogP contribution in [-0.2, 0) is 9.59 Å². The number of carbonyl (C=O) groups is 2. The van der Waals surface area contributed by atoms with E-state index in [1.807, 2.05) is 0 Å². The Labute approximate surface area is 139 Å². The van der Waals surface area contributed by atoms with E-state index in [-0.39, 0.29) is 0 Å². The van der Waals surface area contributed by atoms with Crippen molar-refractivity contribution in [1.82, 2.24) is 9.80 Å². The van der Waals surface area contributed by atoms with Crippen LogP contribution in [0.4, 0.5) is 0 Å². The van der Waals surface area contributed by atoms with Gasteiger partial charge in [0.05, 0.1) is 0 Å². The van der Waals surface area contributed by atoms with Crippen LogP contribution in [0.15, 0.2) is 0 Å². The lowest BCUT2D eigenvalue weighted by Gasteiger charge is -2.36. The van der Waals surface area contributed by atoms with Crippen LogP contribution in [0.3, 0.4) is 0 Å². The Hall–Kier alpha value is -1.06. The molecule has 4 rings (SSSR count). The lowest BCUT2D eigenvalue weighted by atomic mass is 9.94. The normalized spacial score (nSPS) is 35.1. The Balaban J connectivity index is 1.24. The van der Waals surface area contributed by atoms with Crippen LogP contribution in [0, 0.1) is 23.7 Å². The molecule has 2 aliphatic heterocycles. The number of fused-ring (bicyclic) bond motifs is 1. The van der Waals surface area contributed by atoms with Crippen LogP contribution >= 0.6 is 0 Å². The summed E-state index contributed by atoms with van der Waals surface area (Å²) in [5.74, 6) is 3.21. The van der Waals surface area contributed by atoms with Gasteiger partial charge in [0.25, 0.3) is 0 Å². The summed E-state index contributed by atoms with van der Waals surface area (Å²) in [6.07, 6.45) is 10.4. The molecule has 0 aromatic rings. The topological polar surface area (TPSA) is 40.6 Å². The quantitative estimate of drug-likeness (QED) is 0.803. The molecule has 4 aliphatic rings. The maximum atomic E-state index is 12.7. The van der Waals surface area contributed by atoms with E-state index in [2.05, 4.69) is 9.80 Å². The molecule has 2 saturated carbocycles. The van der Waals surface area contributed by atoms with E-state index in [4.69, 9.17) is 0 Å². The van der Waals surface area contributed by atoms with E-state index in [0.29, 0.717) is 23.7 Å². The second-order valence-corrected chi connectivity index (χ2v) is 8.20. The zero-order valence-electron chi connectivity index (χ0n) is 14.2. The summed E-state index contributed by atoms with van der Waals surface area (Å²) in [4.78, 5) is 28.9. The zero-order valence-corrected chi connectivity index (χ0v) is 14.2. The van der Waals surface area contributed by atoms with Crippen molar-refractivity contribution in [3.63, 3.8) is 0 Å². The summed E-state index contributed by atoms with van der Waals surface area (Å²) >= 11 is 0. The van der Waals surface area contributed by atoms with Crippen LogP contribution in [0.1, 0.15) is 57.8 Å². The first-order chi connectivity index (χ1) is 11.2. The van der Waals surface area contributed by atoms with Crippen LogP contribution in [0.2, 0.25) is 0 Å². The number of likely N-dealkylation sites (tertiary alicyclic amines) is 2. The van der Waals surface area contributed by atoms with Crippen molar-refractivity contribution in [2.24, 2.45) is 23.7 Å². The second kappa shape index (κ2) is 6.45. The van der Waals surface area contributed by atoms with Crippen molar-refractivity contribution in [1.29, 1.82) is 0 Å². The zero-order chi connectivity index (χ0) is 15.8. The summed E-state index contributed by atoms with van der Waals surface area (Å²) in [5.41, 5.74) is 0. The maximum Gasteiger partial charge on any atom is 0.226 e. The molecule has 0 radical (unpaired) electrons. The first kappa shape index (κ1) is 15.5. The summed E-state index contributed by atoms with van der Waals surface area (Å²) in [6, 6.07) is 0. The minimum absolute atomic E-state index is 0.344. The van der Waals surface area contributed by atoms with Crippen molar-refractivity contribution in [2.75, 3.05) is 26.2 Å². The van der Waals surface area contributed by atoms with E-state index < -0.39 is 0 Å². The highest BCUT2D eigenvalue weighted by molar-refractivity contribution is 5.82. The summed E-state index contributed by atoms with van der Waals surface area (Å²) in [5, 5.41) is 0. The Morgan fingerprint density at radius 2 is 1.61 bits per heavy atom. The Bertz CT molecular complexity index is 458. The van der Waals surface area contributed by atoms with E-state index in [1.54, 1.807) is 0 Å². The van der Waals surface area contributed by atoms with Gasteiger partial charge in [-0.2, -0.15) is 0 Å². The monoisotopic (exact) mass is 318 g/mol. The number of nitrogens with zero attached hydrogens (tertiary/aromatic N) is 2. The fraction of sp³-hybridized carbons (Fsp3) is 0.895. The molecule has 128 valence electrons. The molecule has 2 amide bonds. The molecule has 2 aliphatic carbocycles. The van der Waals surface area contributed by atoms with E-state index in [1.165, 1.54) is 25.7 Å². The van der Waals surface area contributed by atoms with Gasteiger partial charge in [0, 0.05) is 38.5 Å². The van der Waals surface area contributed by atoms with E-state index >= 15 is 0 Å². The molecule has 0 aromatic heterocycles. The van der Waals surface area contributed by atoms with E-state index in [9.17, 15) is 9.59 Å². The average Bonchev–Trinajstić information content (AvgIpc) is 3.31. The molecular formula is C19H30N2O2. The van der Waals surface area contributed by atoms with Crippen molar-refractivity contribution >= 4 is 11.8 Å². The van der Waals surface area contributed by atoms with Gasteiger partial charge in [-0.15, -0.1) is 0 Å². The minimum atomic E-state index is 0.344. The summed E-state index contributed by atoms with van der Waals surface area (Å²) < 4.78 is 0. The Morgan fingerprint density at radius 3 is 2.26 bits per heavy atom. The highest BCUT2D eigenvalue weighted by Crippen LogP contribution is 2.56. The smallest absolute Gasteiger partial charge is 0.226 e. The largest absolute Gasteiger partial charge is 0.342 e. The average molecular weight is 318 g/mol. The first-order valence-corrected chi connectivity index (χ1v) is 9.80. The predicted molar refractivity (Wildman–Crippen MR) is 88.7 cm³/mol. The SMILES string of the molecule is O=C1CCCCN1CC1CCN(C(=O)C2[C@H]3CCCC[C@H]23)CC1. The third kappa shape index (κ3) is 3.14. The highest BCUT2D eigenvalue weighted by Gasteiger charge is 2.55. The third-order valence-corrected chi connectivity index (χ3v) is 6.77. The van der Waals surface area contributed by atoms with Gasteiger partial charge >= 0.3 is 0 Å².